The zero-order valence-corrected chi connectivity index (χ0v) is 30.9. The van der Waals surface area contributed by atoms with Crippen molar-refractivity contribution >= 4 is 5.91 Å². The number of quaternary nitrogens is 1. The number of hydrogen-bond donors (Lipinski definition) is 2. The predicted molar refractivity (Wildman–Crippen MR) is 179 cm³/mol. The lowest BCUT2D eigenvalue weighted by Crippen LogP contribution is -3.00. The van der Waals surface area contributed by atoms with Gasteiger partial charge >= 0.3 is 0 Å². The Kier molecular flexibility index (Phi) is 20.3. The summed E-state index contributed by atoms with van der Waals surface area (Å²) in [5.74, 6) is 0.515. The molecule has 0 fully saturated rings. The van der Waals surface area contributed by atoms with Crippen LogP contribution in [0.4, 0.5) is 0 Å². The molecule has 42 heavy (non-hydrogen) atoms. The van der Waals surface area contributed by atoms with Gasteiger partial charge in [-0.25, -0.2) is 0 Å². The molecule has 0 bridgehead atoms. The Morgan fingerprint density at radius 3 is 1.52 bits per heavy atom. The number of carbonyl (C=O) groups is 1. The van der Waals surface area contributed by atoms with E-state index in [1.54, 1.807) is 0 Å². The first-order chi connectivity index (χ1) is 19.2. The number of nitrogens with zero attached hydrogens (tertiary/aromatic N) is 1. The van der Waals surface area contributed by atoms with Gasteiger partial charge in [-0.3, -0.25) is 4.79 Å². The summed E-state index contributed by atoms with van der Waals surface area (Å²) in [6.07, 6.45) is 20.7. The van der Waals surface area contributed by atoms with E-state index >= 15 is 0 Å². The van der Waals surface area contributed by atoms with Crippen LogP contribution in [0.3, 0.4) is 0 Å². The summed E-state index contributed by atoms with van der Waals surface area (Å²) in [5, 5.41) is 14.1. The molecule has 1 aromatic rings. The molecule has 1 aromatic carbocycles. The molecular formula is C37H69BrN2O2. The zero-order valence-electron chi connectivity index (χ0n) is 29.3. The number of phenols is 1. The lowest BCUT2D eigenvalue weighted by atomic mass is 9.78. The highest BCUT2D eigenvalue weighted by Crippen LogP contribution is 2.40. The van der Waals surface area contributed by atoms with Crippen LogP contribution < -0.4 is 22.3 Å². The van der Waals surface area contributed by atoms with Crippen molar-refractivity contribution in [2.45, 2.75) is 162 Å². The minimum Gasteiger partial charge on any atom is -1.00 e. The largest absolute Gasteiger partial charge is 1.00 e. The SMILES string of the molecule is CCCCCCCCCCCCCCCC[N+](C)(C)CCNC(=O)CCc1cc(C(C)(C)C)c(O)c(C(C)(C)C)c1.[Br-]. The number of aryl methyl sites for hydroxylation is 1. The van der Waals surface area contributed by atoms with Crippen molar-refractivity contribution in [2.24, 2.45) is 0 Å². The maximum atomic E-state index is 12.7. The Balaban J connectivity index is 0.0000168. The summed E-state index contributed by atoms with van der Waals surface area (Å²) in [4.78, 5) is 12.7. The highest BCUT2D eigenvalue weighted by molar-refractivity contribution is 5.76. The van der Waals surface area contributed by atoms with Crippen LogP contribution in [0, 0.1) is 0 Å². The summed E-state index contributed by atoms with van der Waals surface area (Å²) < 4.78 is 0.959. The zero-order chi connectivity index (χ0) is 30.9. The standard InChI is InChI=1S/C37H68N2O2.BrH/c1-10-11-12-13-14-15-16-17-18-19-20-21-22-23-27-39(8,9)28-26-38-34(40)25-24-31-29-32(36(2,3)4)35(41)33(30-31)37(5,6)7;/h29-30H,10-28H2,1-9H3,(H-,38,40,41);1H. The van der Waals surface area contributed by atoms with Gasteiger partial charge in [-0.1, -0.05) is 138 Å². The molecule has 5 heteroatoms. The molecule has 0 atom stereocenters. The summed E-state index contributed by atoms with van der Waals surface area (Å²) in [6.45, 7) is 17.9. The molecule has 0 aliphatic carbocycles. The Bertz CT molecular complexity index is 832. The maximum Gasteiger partial charge on any atom is 0.220 e. The molecule has 0 unspecified atom stereocenters. The van der Waals surface area contributed by atoms with Crippen LogP contribution in [0.1, 0.15) is 161 Å². The van der Waals surface area contributed by atoms with Crippen LogP contribution in [0.25, 0.3) is 0 Å². The summed E-state index contributed by atoms with van der Waals surface area (Å²) in [6, 6.07) is 4.18. The van der Waals surface area contributed by atoms with Gasteiger partial charge in [0.15, 0.2) is 0 Å². The van der Waals surface area contributed by atoms with E-state index in [9.17, 15) is 9.90 Å². The Hall–Kier alpha value is -1.07. The number of carbonyl (C=O) groups excluding carboxylic acids is 1. The van der Waals surface area contributed by atoms with Crippen molar-refractivity contribution in [1.29, 1.82) is 0 Å². The normalized spacial score (nSPS) is 12.3. The number of unbranched alkanes of at least 4 members (excludes halogenated alkanes) is 13. The van der Waals surface area contributed by atoms with Gasteiger partial charge in [-0.05, 0) is 46.8 Å². The smallest absolute Gasteiger partial charge is 0.220 e. The molecule has 0 saturated heterocycles. The van der Waals surface area contributed by atoms with Crippen molar-refractivity contribution in [2.75, 3.05) is 33.7 Å². The molecule has 1 amide bonds. The Morgan fingerprint density at radius 1 is 0.714 bits per heavy atom. The van der Waals surface area contributed by atoms with E-state index < -0.39 is 0 Å². The van der Waals surface area contributed by atoms with Crippen LogP contribution >= 0.6 is 0 Å². The second-order valence-electron chi connectivity index (χ2n) is 15.4. The van der Waals surface area contributed by atoms with E-state index in [2.05, 4.69) is 80.0 Å². The summed E-state index contributed by atoms with van der Waals surface area (Å²) in [5.41, 5.74) is 2.74. The first kappa shape index (κ1) is 40.9. The van der Waals surface area contributed by atoms with Gasteiger partial charge in [0.2, 0.25) is 5.91 Å². The first-order valence-corrected chi connectivity index (χ1v) is 17.1. The highest BCUT2D eigenvalue weighted by atomic mass is 79.9. The molecule has 0 heterocycles. The Morgan fingerprint density at radius 2 is 1.12 bits per heavy atom. The number of aromatic hydroxyl groups is 1. The second-order valence-corrected chi connectivity index (χ2v) is 15.4. The average Bonchev–Trinajstić information content (AvgIpc) is 2.86. The molecule has 0 aliphatic heterocycles. The van der Waals surface area contributed by atoms with Gasteiger partial charge in [0.1, 0.15) is 5.75 Å². The number of benzene rings is 1. The number of likely N-dealkylation sites (N-methyl/N-ethyl adjacent to an activating group) is 1. The van der Waals surface area contributed by atoms with E-state index in [-0.39, 0.29) is 33.7 Å². The fourth-order valence-electron chi connectivity index (χ4n) is 5.67. The van der Waals surface area contributed by atoms with Crippen molar-refractivity contribution < 1.29 is 31.4 Å². The predicted octanol–water partition coefficient (Wildman–Crippen LogP) is 6.60. The van der Waals surface area contributed by atoms with Gasteiger partial charge in [-0.15, -0.1) is 0 Å². The summed E-state index contributed by atoms with van der Waals surface area (Å²) in [7, 11) is 4.57. The fraction of sp³-hybridized carbons (Fsp3) is 0.811. The fourth-order valence-corrected chi connectivity index (χ4v) is 5.67. The molecule has 0 aliphatic rings. The van der Waals surface area contributed by atoms with Crippen LogP contribution in [-0.4, -0.2) is 49.2 Å². The van der Waals surface area contributed by atoms with Crippen LogP contribution in [0.5, 0.6) is 5.75 Å². The van der Waals surface area contributed by atoms with Gasteiger partial charge in [0.05, 0.1) is 33.7 Å². The highest BCUT2D eigenvalue weighted by Gasteiger charge is 2.26. The molecule has 0 saturated carbocycles. The Labute approximate surface area is 272 Å². The number of phenolic OH excluding ortho intramolecular Hbond substituents is 1. The lowest BCUT2D eigenvalue weighted by Gasteiger charge is -2.30. The molecule has 246 valence electrons. The van der Waals surface area contributed by atoms with Gasteiger partial charge in [0.25, 0.3) is 0 Å². The van der Waals surface area contributed by atoms with Gasteiger partial charge in [-0.2, -0.15) is 0 Å². The molecule has 0 radical (unpaired) electrons. The number of nitrogens with one attached hydrogen (secondary N) is 1. The second kappa shape index (κ2) is 20.8. The number of amides is 1. The van der Waals surface area contributed by atoms with Crippen LogP contribution in [0.15, 0.2) is 12.1 Å². The van der Waals surface area contributed by atoms with E-state index in [1.165, 1.54) is 96.4 Å². The third-order valence-electron chi connectivity index (χ3n) is 8.58. The average molecular weight is 654 g/mol. The van der Waals surface area contributed by atoms with Gasteiger partial charge < -0.3 is 31.9 Å². The van der Waals surface area contributed by atoms with E-state index in [0.717, 1.165) is 34.3 Å². The minimum atomic E-state index is -0.154. The summed E-state index contributed by atoms with van der Waals surface area (Å²) >= 11 is 0. The lowest BCUT2D eigenvalue weighted by molar-refractivity contribution is -0.889. The monoisotopic (exact) mass is 652 g/mol. The van der Waals surface area contributed by atoms with Crippen molar-refractivity contribution in [3.05, 3.63) is 28.8 Å². The van der Waals surface area contributed by atoms with E-state index in [1.807, 2.05) is 0 Å². The maximum absolute atomic E-state index is 12.7. The van der Waals surface area contributed by atoms with Crippen molar-refractivity contribution in [3.8, 4) is 5.75 Å². The van der Waals surface area contributed by atoms with Crippen molar-refractivity contribution in [3.63, 3.8) is 0 Å². The number of halogens is 1. The quantitative estimate of drug-likeness (QED) is 0.116. The number of rotatable bonds is 21. The van der Waals surface area contributed by atoms with Crippen LogP contribution in [0.2, 0.25) is 0 Å². The molecular weight excluding hydrogens is 584 g/mol. The third kappa shape index (κ3) is 17.9. The first-order valence-electron chi connectivity index (χ1n) is 17.1. The third-order valence-corrected chi connectivity index (χ3v) is 8.58. The van der Waals surface area contributed by atoms with E-state index in [0.29, 0.717) is 18.6 Å². The molecule has 0 spiro atoms. The molecule has 0 aromatic heterocycles. The minimum absolute atomic E-state index is 0. The molecule has 4 nitrogen and oxygen atoms in total. The topological polar surface area (TPSA) is 49.3 Å². The van der Waals surface area contributed by atoms with Crippen LogP contribution in [-0.2, 0) is 22.0 Å². The number of hydrogen-bond acceptors (Lipinski definition) is 2. The molecule has 2 N–H and O–H groups in total. The van der Waals surface area contributed by atoms with E-state index in [4.69, 9.17) is 0 Å². The van der Waals surface area contributed by atoms with Gasteiger partial charge in [0, 0.05) is 6.42 Å². The van der Waals surface area contributed by atoms with Crippen molar-refractivity contribution in [1.82, 2.24) is 5.32 Å². The molecule has 1 rings (SSSR count).